The lowest BCUT2D eigenvalue weighted by Crippen LogP contribution is -2.64. The highest BCUT2D eigenvalue weighted by Crippen LogP contribution is 2.65. The van der Waals surface area contributed by atoms with Crippen LogP contribution in [0.15, 0.2) is 84.0 Å². The molecule has 63 heavy (non-hydrogen) atoms. The van der Waals surface area contributed by atoms with Crippen molar-refractivity contribution in [2.75, 3.05) is 0 Å². The van der Waals surface area contributed by atoms with Crippen LogP contribution in [0.3, 0.4) is 0 Å². The monoisotopic (exact) mass is 875 g/mol. The predicted molar refractivity (Wildman–Crippen MR) is 223 cm³/mol. The summed E-state index contributed by atoms with van der Waals surface area (Å²) >= 11 is 0. The zero-order valence-corrected chi connectivity index (χ0v) is 37.2. The normalized spacial score (nSPS) is 27.9. The molecule has 2 fully saturated rings. The van der Waals surface area contributed by atoms with E-state index in [1.807, 2.05) is 0 Å². The Kier molecular flexibility index (Phi) is 13.8. The first-order chi connectivity index (χ1) is 29.2. The number of carbonyl (C=O) groups is 7. The van der Waals surface area contributed by atoms with Gasteiger partial charge >= 0.3 is 35.9 Å². The van der Waals surface area contributed by atoms with Crippen LogP contribution in [0, 0.1) is 16.7 Å². The molecule has 0 saturated heterocycles. The summed E-state index contributed by atoms with van der Waals surface area (Å²) in [4.78, 5) is 95.3. The molecule has 16 heteroatoms. The van der Waals surface area contributed by atoms with Crippen molar-refractivity contribution in [3.63, 3.8) is 0 Å². The van der Waals surface area contributed by atoms with E-state index in [1.54, 1.807) is 76.2 Å². The second-order valence-corrected chi connectivity index (χ2v) is 18.1. The fourth-order valence-electron chi connectivity index (χ4n) is 9.50. The molecule has 0 radical (unpaired) electrons. The molecule has 3 aliphatic carbocycles. The summed E-state index contributed by atoms with van der Waals surface area (Å²) in [6.07, 6.45) is -11.8. The van der Waals surface area contributed by atoms with Gasteiger partial charge in [0.25, 0.3) is 0 Å². The number of amides is 1. The molecular weight excluding hydrogens is 819 g/mol. The largest absolute Gasteiger partial charge is 0.462 e. The highest BCUT2D eigenvalue weighted by Gasteiger charge is 2.74. The number of nitrogens with one attached hydrogen (secondary N) is 1. The number of esters is 5. The van der Waals surface area contributed by atoms with Gasteiger partial charge in [0.15, 0.2) is 24.1 Å². The second kappa shape index (κ2) is 18.1. The van der Waals surface area contributed by atoms with Gasteiger partial charge in [-0.2, -0.15) is 0 Å². The molecule has 2 aromatic rings. The molecule has 1 amide bonds. The number of aliphatic hydroxyl groups is 2. The van der Waals surface area contributed by atoms with Crippen LogP contribution in [-0.4, -0.2) is 99.8 Å². The maximum atomic E-state index is 14.2. The number of hydrogen-bond donors (Lipinski definition) is 3. The fraction of sp³-hybridized carbons (Fsp3) is 0.511. The highest BCUT2D eigenvalue weighted by atomic mass is 16.6. The third kappa shape index (κ3) is 9.56. The van der Waals surface area contributed by atoms with E-state index >= 15 is 0 Å². The van der Waals surface area contributed by atoms with E-state index in [9.17, 15) is 43.8 Å². The molecule has 0 heterocycles. The van der Waals surface area contributed by atoms with Crippen LogP contribution in [0.4, 0.5) is 4.79 Å². The molecule has 3 aliphatic rings. The van der Waals surface area contributed by atoms with E-state index in [2.05, 4.69) is 11.9 Å². The van der Waals surface area contributed by atoms with Crippen molar-refractivity contribution in [2.24, 2.45) is 16.7 Å². The lowest BCUT2D eigenvalue weighted by Gasteiger charge is -2.55. The first-order valence-corrected chi connectivity index (χ1v) is 20.6. The lowest BCUT2D eigenvalue weighted by molar-refractivity contribution is -0.216. The Hall–Kier alpha value is -5.87. The van der Waals surface area contributed by atoms with Gasteiger partial charge in [-0.3, -0.25) is 19.2 Å². The van der Waals surface area contributed by atoms with Crippen LogP contribution in [-0.2, 0) is 52.4 Å². The standard InChI is InChI=1S/C47H57NO15/c1-24-31(52)23-47(45(9,10)57)34(24)38(62-41(54)30-20-16-13-17-21-30)40(60-28(5)51)46(11)33(58-26(3)49)22-32(25(2)35(46)39(47)59-27(4)50)61-42(55)37(53)36(29-18-14-12-15-19-29)48-43(56)63-44(6,7)8/h12-21,32-33,35-40,53,57H,2,22-23H2,1,3-11H3,(H,48,56)/t32-,33-,35-,36+,37-,38+,39-,40-,46+,47-/m0/s1. The van der Waals surface area contributed by atoms with Gasteiger partial charge in [-0.25, -0.2) is 14.4 Å². The summed E-state index contributed by atoms with van der Waals surface area (Å²) in [5, 5.41) is 26.7. The van der Waals surface area contributed by atoms with E-state index < -0.39 is 125 Å². The molecule has 0 bridgehead atoms. The van der Waals surface area contributed by atoms with Crippen LogP contribution < -0.4 is 5.32 Å². The first-order valence-electron chi connectivity index (χ1n) is 20.6. The van der Waals surface area contributed by atoms with Gasteiger partial charge < -0.3 is 44.0 Å². The number of ketones is 1. The Morgan fingerprint density at radius 3 is 1.87 bits per heavy atom. The summed E-state index contributed by atoms with van der Waals surface area (Å²) < 4.78 is 36.2. The van der Waals surface area contributed by atoms with Gasteiger partial charge in [0, 0.05) is 39.5 Å². The average molecular weight is 876 g/mol. The molecule has 3 N–H and O–H groups in total. The Morgan fingerprint density at radius 2 is 1.35 bits per heavy atom. The van der Waals surface area contributed by atoms with Gasteiger partial charge in [-0.1, -0.05) is 62.0 Å². The number of aliphatic hydroxyl groups excluding tert-OH is 1. The van der Waals surface area contributed by atoms with Crippen LogP contribution in [0.1, 0.15) is 104 Å². The third-order valence-electron chi connectivity index (χ3n) is 12.2. The number of Topliss-reactive ketones (excluding diaryl/α,β-unsaturated/α-hetero) is 1. The number of fused-ring (bicyclic) bond motifs is 2. The second-order valence-electron chi connectivity index (χ2n) is 18.1. The summed E-state index contributed by atoms with van der Waals surface area (Å²) in [6.45, 7) is 18.4. The van der Waals surface area contributed by atoms with Crippen molar-refractivity contribution < 1.29 is 72.2 Å². The van der Waals surface area contributed by atoms with E-state index in [0.29, 0.717) is 5.56 Å². The van der Waals surface area contributed by atoms with Crippen LogP contribution >= 0.6 is 0 Å². The van der Waals surface area contributed by atoms with Crippen LogP contribution in [0.2, 0.25) is 0 Å². The first kappa shape index (κ1) is 48.2. The Bertz CT molecular complexity index is 2170. The molecule has 2 aromatic carbocycles. The van der Waals surface area contributed by atoms with E-state index in [0.717, 1.165) is 20.8 Å². The predicted octanol–water partition coefficient (Wildman–Crippen LogP) is 5.19. The number of allylic oxidation sites excluding steroid dienone is 1. The van der Waals surface area contributed by atoms with Crippen molar-refractivity contribution in [1.82, 2.24) is 5.32 Å². The van der Waals surface area contributed by atoms with Gasteiger partial charge in [-0.15, -0.1) is 0 Å². The summed E-state index contributed by atoms with van der Waals surface area (Å²) in [6, 6.07) is 14.5. The van der Waals surface area contributed by atoms with Gasteiger partial charge in [0.05, 0.1) is 28.0 Å². The fourth-order valence-corrected chi connectivity index (χ4v) is 9.50. The molecule has 0 aliphatic heterocycles. The van der Waals surface area contributed by atoms with Crippen molar-refractivity contribution in [3.05, 3.63) is 95.1 Å². The van der Waals surface area contributed by atoms with Crippen LogP contribution in [0.5, 0.6) is 0 Å². The zero-order chi connectivity index (χ0) is 47.0. The smallest absolute Gasteiger partial charge is 0.408 e. The Morgan fingerprint density at radius 1 is 0.810 bits per heavy atom. The maximum absolute atomic E-state index is 14.2. The molecule has 0 aromatic heterocycles. The van der Waals surface area contributed by atoms with Crippen molar-refractivity contribution >= 4 is 41.7 Å². The maximum Gasteiger partial charge on any atom is 0.408 e. The third-order valence-corrected chi connectivity index (χ3v) is 12.2. The molecule has 5 rings (SSSR count). The number of carbonyl (C=O) groups excluding carboxylic acids is 7. The number of ether oxygens (including phenoxy) is 6. The summed E-state index contributed by atoms with van der Waals surface area (Å²) in [7, 11) is 0. The van der Waals surface area contributed by atoms with E-state index in [4.69, 9.17) is 28.4 Å². The van der Waals surface area contributed by atoms with E-state index in [-0.39, 0.29) is 22.3 Å². The molecule has 0 spiro atoms. The Balaban J connectivity index is 1.74. The number of alkyl carbamates (subject to hydrolysis) is 1. The minimum absolute atomic E-state index is 0.00494. The Labute approximate surface area is 366 Å². The molecule has 10 atom stereocenters. The van der Waals surface area contributed by atoms with Crippen molar-refractivity contribution in [1.29, 1.82) is 0 Å². The zero-order valence-electron chi connectivity index (χ0n) is 37.2. The van der Waals surface area contributed by atoms with Gasteiger partial charge in [0.1, 0.15) is 23.9 Å². The minimum Gasteiger partial charge on any atom is -0.462 e. The molecule has 0 unspecified atom stereocenters. The van der Waals surface area contributed by atoms with Gasteiger partial charge in [0.2, 0.25) is 0 Å². The number of benzene rings is 2. The minimum atomic E-state index is -2.07. The van der Waals surface area contributed by atoms with Crippen molar-refractivity contribution in [2.45, 2.75) is 136 Å². The molecule has 16 nitrogen and oxygen atoms in total. The van der Waals surface area contributed by atoms with Gasteiger partial charge in [-0.05, 0) is 76.0 Å². The number of rotatable bonds is 11. The number of hydrogen-bond acceptors (Lipinski definition) is 15. The average Bonchev–Trinajstić information content (AvgIpc) is 3.42. The topological polar surface area (TPSA) is 227 Å². The quantitative estimate of drug-likeness (QED) is 0.150. The molecular formula is C47H57NO15. The van der Waals surface area contributed by atoms with E-state index in [1.165, 1.54) is 32.9 Å². The summed E-state index contributed by atoms with van der Waals surface area (Å²) in [5.74, 6) is -6.70. The van der Waals surface area contributed by atoms with Crippen molar-refractivity contribution in [3.8, 4) is 0 Å². The molecule has 2 saturated carbocycles. The SMILES string of the molecule is C=C1[C@@H](OC(=O)[C@@H](O)[C@H](NC(=O)OC(C)(C)C)c2ccccc2)C[C@H](OC(C)=O)[C@@]2(C)[C@@H](OC(C)=O)[C@H](OC(=O)c3ccccc3)C3=C(C)C(=O)C[C@@]3(C(C)(C)O)[C@@H](OC(C)=O)[C@H]12. The van der Waals surface area contributed by atoms with Crippen LogP contribution in [0.25, 0.3) is 0 Å². The lowest BCUT2D eigenvalue weighted by atomic mass is 9.54. The summed E-state index contributed by atoms with van der Waals surface area (Å²) in [5.41, 5.74) is -6.32. The molecule has 340 valence electrons. The highest BCUT2D eigenvalue weighted by molar-refractivity contribution is 6.00.